The van der Waals surface area contributed by atoms with E-state index >= 15 is 0 Å². The predicted octanol–water partition coefficient (Wildman–Crippen LogP) is 3.03. The molecule has 0 saturated carbocycles. The summed E-state index contributed by atoms with van der Waals surface area (Å²) in [4.78, 5) is 26.2. The number of fused-ring (bicyclic) bond motifs is 1. The van der Waals surface area contributed by atoms with Gasteiger partial charge in [0.25, 0.3) is 0 Å². The Morgan fingerprint density at radius 2 is 2.00 bits per heavy atom. The number of nitrogens with zero attached hydrogens (tertiary/aromatic N) is 1. The first-order valence-electron chi connectivity index (χ1n) is 7.77. The lowest BCUT2D eigenvalue weighted by molar-refractivity contribution is -0.139. The van der Waals surface area contributed by atoms with E-state index in [0.29, 0.717) is 28.0 Å². The average molecular weight is 360 g/mol. The summed E-state index contributed by atoms with van der Waals surface area (Å²) >= 11 is 5.97. The van der Waals surface area contributed by atoms with Crippen LogP contribution in [0.4, 0.5) is 5.69 Å². The number of anilines is 1. The van der Waals surface area contributed by atoms with Crippen LogP contribution in [0.1, 0.15) is 6.42 Å². The van der Waals surface area contributed by atoms with Crippen molar-refractivity contribution >= 4 is 29.2 Å². The van der Waals surface area contributed by atoms with Crippen LogP contribution in [0.15, 0.2) is 42.5 Å². The highest BCUT2D eigenvalue weighted by atomic mass is 35.5. The van der Waals surface area contributed by atoms with Gasteiger partial charge >= 0.3 is 5.97 Å². The Morgan fingerprint density at radius 1 is 1.16 bits per heavy atom. The molecule has 0 N–H and O–H groups in total. The standard InChI is InChI=1S/C18H14ClNO5/c19-12-2-1-3-13(7-12)20-9-11(6-17(20)21)18(22)25-14-4-5-15-16(8-14)24-10-23-15/h1-5,7-8,11H,6,9-10H2. The lowest BCUT2D eigenvalue weighted by Crippen LogP contribution is -2.27. The van der Waals surface area contributed by atoms with E-state index in [0.717, 1.165) is 0 Å². The van der Waals surface area contributed by atoms with Crippen LogP contribution in [-0.4, -0.2) is 25.2 Å². The van der Waals surface area contributed by atoms with Gasteiger partial charge in [-0.3, -0.25) is 9.59 Å². The largest absolute Gasteiger partial charge is 0.454 e. The summed E-state index contributed by atoms with van der Waals surface area (Å²) in [6.45, 7) is 0.418. The fourth-order valence-corrected chi connectivity index (χ4v) is 3.08. The van der Waals surface area contributed by atoms with Gasteiger partial charge in [-0.15, -0.1) is 0 Å². The number of hydrogen-bond acceptors (Lipinski definition) is 5. The lowest BCUT2D eigenvalue weighted by Gasteiger charge is -2.16. The van der Waals surface area contributed by atoms with Crippen LogP contribution >= 0.6 is 11.6 Å². The van der Waals surface area contributed by atoms with Crippen molar-refractivity contribution in [3.8, 4) is 17.2 Å². The number of amides is 1. The molecule has 0 radical (unpaired) electrons. The molecule has 0 aliphatic carbocycles. The van der Waals surface area contributed by atoms with Gasteiger partial charge in [-0.25, -0.2) is 0 Å². The number of ether oxygens (including phenoxy) is 3. The lowest BCUT2D eigenvalue weighted by atomic mass is 10.1. The van der Waals surface area contributed by atoms with Crippen LogP contribution in [0.3, 0.4) is 0 Å². The molecule has 1 saturated heterocycles. The number of carbonyl (C=O) groups is 2. The molecule has 0 aromatic heterocycles. The molecule has 128 valence electrons. The molecule has 2 aliphatic rings. The second-order valence-corrected chi connectivity index (χ2v) is 6.26. The Morgan fingerprint density at radius 3 is 2.84 bits per heavy atom. The average Bonchev–Trinajstić information content (AvgIpc) is 3.20. The van der Waals surface area contributed by atoms with E-state index in [1.807, 2.05) is 0 Å². The summed E-state index contributed by atoms with van der Waals surface area (Å²) in [6.07, 6.45) is 0.107. The summed E-state index contributed by atoms with van der Waals surface area (Å²) in [5.41, 5.74) is 0.677. The molecule has 1 amide bonds. The monoisotopic (exact) mass is 359 g/mol. The van der Waals surface area contributed by atoms with Crippen LogP contribution in [0.2, 0.25) is 5.02 Å². The summed E-state index contributed by atoms with van der Waals surface area (Å²) in [7, 11) is 0. The van der Waals surface area contributed by atoms with E-state index in [1.165, 1.54) is 0 Å². The maximum atomic E-state index is 12.4. The molecule has 2 aromatic carbocycles. The highest BCUT2D eigenvalue weighted by molar-refractivity contribution is 6.30. The topological polar surface area (TPSA) is 65.1 Å². The minimum absolute atomic E-state index is 0.107. The Kier molecular flexibility index (Phi) is 3.97. The van der Waals surface area contributed by atoms with Gasteiger partial charge in [0.1, 0.15) is 5.75 Å². The van der Waals surface area contributed by atoms with Gasteiger partial charge in [-0.2, -0.15) is 0 Å². The molecular weight excluding hydrogens is 346 g/mol. The number of hydrogen-bond donors (Lipinski definition) is 0. The highest BCUT2D eigenvalue weighted by Gasteiger charge is 2.36. The molecule has 4 rings (SSSR count). The number of halogens is 1. The van der Waals surface area contributed by atoms with E-state index in [2.05, 4.69) is 0 Å². The summed E-state index contributed by atoms with van der Waals surface area (Å²) in [5, 5.41) is 0.539. The van der Waals surface area contributed by atoms with Gasteiger partial charge in [-0.05, 0) is 30.3 Å². The summed E-state index contributed by atoms with van der Waals surface area (Å²) in [5.74, 6) is 0.405. The summed E-state index contributed by atoms with van der Waals surface area (Å²) in [6, 6.07) is 11.9. The number of benzene rings is 2. The molecule has 2 heterocycles. The third kappa shape index (κ3) is 3.13. The Bertz CT molecular complexity index is 853. The van der Waals surface area contributed by atoms with E-state index in [1.54, 1.807) is 47.4 Å². The molecule has 1 fully saturated rings. The molecule has 0 spiro atoms. The maximum absolute atomic E-state index is 12.4. The molecule has 2 aliphatic heterocycles. The minimum Gasteiger partial charge on any atom is -0.454 e. The van der Waals surface area contributed by atoms with Crippen molar-refractivity contribution in [2.24, 2.45) is 5.92 Å². The Hall–Kier alpha value is -2.73. The van der Waals surface area contributed by atoms with Crippen molar-refractivity contribution in [3.63, 3.8) is 0 Å². The van der Waals surface area contributed by atoms with E-state index in [-0.39, 0.29) is 25.7 Å². The first-order chi connectivity index (χ1) is 12.1. The molecule has 0 bridgehead atoms. The van der Waals surface area contributed by atoms with Crippen LogP contribution in [0, 0.1) is 5.92 Å². The Balaban J connectivity index is 1.45. The van der Waals surface area contributed by atoms with E-state index in [4.69, 9.17) is 25.8 Å². The van der Waals surface area contributed by atoms with Gasteiger partial charge in [0.2, 0.25) is 12.7 Å². The molecule has 25 heavy (non-hydrogen) atoms. The minimum atomic E-state index is -0.531. The fraction of sp³-hybridized carbons (Fsp3) is 0.222. The first-order valence-corrected chi connectivity index (χ1v) is 8.15. The quantitative estimate of drug-likeness (QED) is 0.622. The van der Waals surface area contributed by atoms with E-state index in [9.17, 15) is 9.59 Å². The van der Waals surface area contributed by atoms with Crippen molar-refractivity contribution in [3.05, 3.63) is 47.5 Å². The predicted molar refractivity (Wildman–Crippen MR) is 90.1 cm³/mol. The maximum Gasteiger partial charge on any atom is 0.316 e. The summed E-state index contributed by atoms with van der Waals surface area (Å²) < 4.78 is 15.9. The molecule has 6 nitrogen and oxygen atoms in total. The fourth-order valence-electron chi connectivity index (χ4n) is 2.90. The number of carbonyl (C=O) groups excluding carboxylic acids is 2. The van der Waals surface area contributed by atoms with Gasteiger partial charge in [0.05, 0.1) is 5.92 Å². The third-order valence-electron chi connectivity index (χ3n) is 4.14. The number of rotatable bonds is 3. The third-order valence-corrected chi connectivity index (χ3v) is 4.38. The van der Waals surface area contributed by atoms with Crippen LogP contribution in [0.25, 0.3) is 0 Å². The molecule has 1 unspecified atom stereocenters. The normalized spacial score (nSPS) is 18.5. The van der Waals surface area contributed by atoms with Crippen molar-refractivity contribution in [2.75, 3.05) is 18.2 Å². The zero-order valence-electron chi connectivity index (χ0n) is 13.1. The SMILES string of the molecule is O=C(Oc1ccc2c(c1)OCO2)C1CC(=O)N(c2cccc(Cl)c2)C1. The molecule has 2 aromatic rings. The first kappa shape index (κ1) is 15.8. The van der Waals surface area contributed by atoms with Gasteiger partial charge in [0.15, 0.2) is 11.5 Å². The number of esters is 1. The second kappa shape index (κ2) is 6.29. The molecular formula is C18H14ClNO5. The molecule has 7 heteroatoms. The van der Waals surface area contributed by atoms with Crippen LogP contribution in [-0.2, 0) is 9.59 Å². The molecule has 1 atom stereocenters. The van der Waals surface area contributed by atoms with Gasteiger partial charge in [-0.1, -0.05) is 17.7 Å². The van der Waals surface area contributed by atoms with Gasteiger partial charge in [0, 0.05) is 29.7 Å². The van der Waals surface area contributed by atoms with Crippen LogP contribution < -0.4 is 19.1 Å². The highest BCUT2D eigenvalue weighted by Crippen LogP contribution is 2.35. The van der Waals surface area contributed by atoms with E-state index < -0.39 is 11.9 Å². The van der Waals surface area contributed by atoms with Crippen molar-refractivity contribution in [1.82, 2.24) is 0 Å². The van der Waals surface area contributed by atoms with Crippen LogP contribution in [0.5, 0.6) is 17.2 Å². The van der Waals surface area contributed by atoms with Crippen molar-refractivity contribution in [1.29, 1.82) is 0 Å². The van der Waals surface area contributed by atoms with Crippen molar-refractivity contribution < 1.29 is 23.8 Å². The zero-order valence-corrected chi connectivity index (χ0v) is 13.9. The Labute approximate surface area is 148 Å². The second-order valence-electron chi connectivity index (χ2n) is 5.82. The zero-order chi connectivity index (χ0) is 17.4. The van der Waals surface area contributed by atoms with Crippen molar-refractivity contribution in [2.45, 2.75) is 6.42 Å². The smallest absolute Gasteiger partial charge is 0.316 e. The van der Waals surface area contributed by atoms with Gasteiger partial charge < -0.3 is 19.1 Å².